The van der Waals surface area contributed by atoms with Crippen LogP contribution in [0.3, 0.4) is 0 Å². The minimum Gasteiger partial charge on any atom is -0.453 e. The number of aromatic amines is 1. The highest BCUT2D eigenvalue weighted by Gasteiger charge is 2.27. The normalized spacial score (nSPS) is 16.0. The van der Waals surface area contributed by atoms with Crippen molar-refractivity contribution in [2.75, 3.05) is 11.9 Å². The van der Waals surface area contributed by atoms with E-state index in [0.29, 0.717) is 11.3 Å². The summed E-state index contributed by atoms with van der Waals surface area (Å²) in [6, 6.07) is 8.22. The molecule has 0 saturated heterocycles. The zero-order chi connectivity index (χ0) is 15.7. The molecule has 1 aromatic heterocycles. The fraction of sp³-hybridized carbons (Fsp3) is 0.188. The minimum absolute atomic E-state index is 0.0854. The highest BCUT2D eigenvalue weighted by Crippen LogP contribution is 2.32. The molecule has 2 N–H and O–H groups in total. The summed E-state index contributed by atoms with van der Waals surface area (Å²) in [6.45, 7) is 1.44. The van der Waals surface area contributed by atoms with Crippen molar-refractivity contribution in [2.24, 2.45) is 0 Å². The lowest BCUT2D eigenvalue weighted by Gasteiger charge is -2.06. The number of H-pyrrole nitrogens is 1. The number of anilines is 1. The highest BCUT2D eigenvalue weighted by molar-refractivity contribution is 6.05. The third-order valence-electron chi connectivity index (χ3n) is 3.64. The zero-order valence-corrected chi connectivity index (χ0v) is 11.9. The molecule has 22 heavy (non-hydrogen) atoms. The molecule has 0 unspecified atom stereocenters. The summed E-state index contributed by atoms with van der Waals surface area (Å²) in [7, 11) is 0. The van der Waals surface area contributed by atoms with Crippen LogP contribution in [0.2, 0.25) is 0 Å². The van der Waals surface area contributed by atoms with E-state index < -0.39 is 5.97 Å². The van der Waals surface area contributed by atoms with Gasteiger partial charge in [-0.05, 0) is 42.8 Å². The van der Waals surface area contributed by atoms with Crippen LogP contribution >= 0.6 is 0 Å². The van der Waals surface area contributed by atoms with Crippen molar-refractivity contribution >= 4 is 23.3 Å². The Morgan fingerprint density at radius 3 is 2.82 bits per heavy atom. The average Bonchev–Trinajstić information content (AvgIpc) is 3.14. The van der Waals surface area contributed by atoms with E-state index in [1.165, 1.54) is 0 Å². The van der Waals surface area contributed by atoms with Gasteiger partial charge in [0.15, 0.2) is 12.4 Å². The summed E-state index contributed by atoms with van der Waals surface area (Å²) in [5.74, 6) is -1.26. The number of carbonyl (C=O) groups is 3. The fourth-order valence-electron chi connectivity index (χ4n) is 2.34. The van der Waals surface area contributed by atoms with E-state index in [1.54, 1.807) is 43.5 Å². The molecule has 0 aliphatic carbocycles. The molecular weight excluding hydrogens is 284 g/mol. The summed E-state index contributed by atoms with van der Waals surface area (Å²) < 4.78 is 4.97. The van der Waals surface area contributed by atoms with Gasteiger partial charge >= 0.3 is 5.97 Å². The second-order valence-corrected chi connectivity index (χ2v) is 5.10. The first kappa shape index (κ1) is 14.1. The van der Waals surface area contributed by atoms with Crippen LogP contribution in [0.5, 0.6) is 0 Å². The van der Waals surface area contributed by atoms with E-state index >= 15 is 0 Å². The predicted octanol–water partition coefficient (Wildman–Crippen LogP) is 2.11. The van der Waals surface area contributed by atoms with Gasteiger partial charge in [0, 0.05) is 17.4 Å². The number of amides is 1. The van der Waals surface area contributed by atoms with E-state index in [9.17, 15) is 14.4 Å². The Morgan fingerprint density at radius 2 is 2.09 bits per heavy atom. The molecule has 0 fully saturated rings. The quantitative estimate of drug-likeness (QED) is 0.668. The Balaban J connectivity index is 1.69. The molecule has 1 aliphatic heterocycles. The number of nitrogens with one attached hydrogen (secondary N) is 2. The Labute approximate surface area is 126 Å². The van der Waals surface area contributed by atoms with Gasteiger partial charge in [-0.25, -0.2) is 4.79 Å². The van der Waals surface area contributed by atoms with E-state index in [1.807, 2.05) is 0 Å². The summed E-state index contributed by atoms with van der Waals surface area (Å²) in [5, 5.41) is 2.74. The van der Waals surface area contributed by atoms with Crippen LogP contribution < -0.4 is 5.32 Å². The second kappa shape index (κ2) is 5.48. The Bertz CT molecular complexity index is 750. The monoisotopic (exact) mass is 298 g/mol. The molecule has 2 aromatic rings. The van der Waals surface area contributed by atoms with Gasteiger partial charge in [-0.3, -0.25) is 9.59 Å². The first-order valence-electron chi connectivity index (χ1n) is 6.85. The predicted molar refractivity (Wildman–Crippen MR) is 78.9 cm³/mol. The van der Waals surface area contributed by atoms with Crippen molar-refractivity contribution in [3.63, 3.8) is 0 Å². The SMILES string of the molecule is C[C@@H]1C(=O)Nc2ccc(C(=O)COC(=O)c3ccc[nH]3)cc21. The van der Waals surface area contributed by atoms with Gasteiger partial charge in [0.1, 0.15) is 5.69 Å². The standard InChI is InChI=1S/C16H14N2O4/c1-9-11-7-10(4-5-12(11)18-15(9)20)14(19)8-22-16(21)13-3-2-6-17-13/h2-7,9,17H,8H2,1H3,(H,18,20)/t9-/m0/s1. The number of esters is 1. The summed E-state index contributed by atoms with van der Waals surface area (Å²) in [6.07, 6.45) is 1.60. The van der Waals surface area contributed by atoms with Gasteiger partial charge in [0.2, 0.25) is 5.91 Å². The maximum atomic E-state index is 12.1. The number of benzene rings is 1. The number of ketones is 1. The Kier molecular flexibility index (Phi) is 3.50. The molecule has 1 aliphatic rings. The lowest BCUT2D eigenvalue weighted by atomic mass is 9.99. The number of carbonyl (C=O) groups excluding carboxylic acids is 3. The van der Waals surface area contributed by atoms with Gasteiger partial charge in [0.25, 0.3) is 0 Å². The minimum atomic E-state index is -0.579. The van der Waals surface area contributed by atoms with Crippen LogP contribution in [0.4, 0.5) is 5.69 Å². The van der Waals surface area contributed by atoms with Crippen molar-refractivity contribution < 1.29 is 19.1 Å². The number of ether oxygens (including phenoxy) is 1. The lowest BCUT2D eigenvalue weighted by molar-refractivity contribution is -0.116. The van der Waals surface area contributed by atoms with Crippen LogP contribution in [0.1, 0.15) is 39.3 Å². The van der Waals surface area contributed by atoms with Gasteiger partial charge in [-0.15, -0.1) is 0 Å². The topological polar surface area (TPSA) is 88.3 Å². The molecule has 112 valence electrons. The van der Waals surface area contributed by atoms with E-state index in [4.69, 9.17) is 4.74 Å². The van der Waals surface area contributed by atoms with Crippen LogP contribution in [0, 0.1) is 0 Å². The molecule has 2 heterocycles. The maximum absolute atomic E-state index is 12.1. The highest BCUT2D eigenvalue weighted by atomic mass is 16.5. The number of aromatic nitrogens is 1. The first-order chi connectivity index (χ1) is 10.6. The van der Waals surface area contributed by atoms with Crippen LogP contribution in [0.25, 0.3) is 0 Å². The summed E-state index contributed by atoms with van der Waals surface area (Å²) in [5.41, 5.74) is 2.22. The molecule has 0 bridgehead atoms. The van der Waals surface area contributed by atoms with Crippen molar-refractivity contribution in [3.8, 4) is 0 Å². The molecule has 0 radical (unpaired) electrons. The number of hydrogen-bond acceptors (Lipinski definition) is 4. The van der Waals surface area contributed by atoms with Crippen LogP contribution in [-0.4, -0.2) is 29.3 Å². The largest absolute Gasteiger partial charge is 0.453 e. The van der Waals surface area contributed by atoms with E-state index in [-0.39, 0.29) is 24.2 Å². The molecule has 0 spiro atoms. The van der Waals surface area contributed by atoms with Crippen LogP contribution in [0.15, 0.2) is 36.5 Å². The summed E-state index contributed by atoms with van der Waals surface area (Å²) >= 11 is 0. The molecule has 0 saturated carbocycles. The molecular formula is C16H14N2O4. The van der Waals surface area contributed by atoms with Crippen LogP contribution in [-0.2, 0) is 9.53 Å². The molecule has 6 heteroatoms. The van der Waals surface area contributed by atoms with E-state index in [0.717, 1.165) is 11.3 Å². The second-order valence-electron chi connectivity index (χ2n) is 5.10. The molecule has 3 rings (SSSR count). The number of rotatable bonds is 4. The number of hydrogen-bond donors (Lipinski definition) is 2. The van der Waals surface area contributed by atoms with Gasteiger partial charge in [-0.2, -0.15) is 0 Å². The molecule has 1 aromatic carbocycles. The lowest BCUT2D eigenvalue weighted by Crippen LogP contribution is -2.14. The Hall–Kier alpha value is -2.89. The third-order valence-corrected chi connectivity index (χ3v) is 3.64. The third kappa shape index (κ3) is 2.50. The summed E-state index contributed by atoms with van der Waals surface area (Å²) in [4.78, 5) is 38.1. The Morgan fingerprint density at radius 1 is 1.27 bits per heavy atom. The average molecular weight is 298 g/mol. The smallest absolute Gasteiger partial charge is 0.355 e. The maximum Gasteiger partial charge on any atom is 0.355 e. The van der Waals surface area contributed by atoms with Crippen molar-refractivity contribution in [3.05, 3.63) is 53.3 Å². The van der Waals surface area contributed by atoms with Crippen molar-refractivity contribution in [1.29, 1.82) is 0 Å². The van der Waals surface area contributed by atoms with Gasteiger partial charge in [-0.1, -0.05) is 0 Å². The molecule has 1 atom stereocenters. The first-order valence-corrected chi connectivity index (χ1v) is 6.85. The fourth-order valence-corrected chi connectivity index (χ4v) is 2.34. The van der Waals surface area contributed by atoms with Crippen molar-refractivity contribution in [2.45, 2.75) is 12.8 Å². The molecule has 1 amide bonds. The van der Waals surface area contributed by atoms with Crippen molar-refractivity contribution in [1.82, 2.24) is 4.98 Å². The molecule has 6 nitrogen and oxygen atoms in total. The van der Waals surface area contributed by atoms with Gasteiger partial charge < -0.3 is 15.0 Å². The number of Topliss-reactive ketones (excluding diaryl/α,β-unsaturated/α-hetero) is 1. The van der Waals surface area contributed by atoms with Gasteiger partial charge in [0.05, 0.1) is 5.92 Å². The van der Waals surface area contributed by atoms with E-state index in [2.05, 4.69) is 10.3 Å². The number of fused-ring (bicyclic) bond motifs is 1. The zero-order valence-electron chi connectivity index (χ0n) is 11.9.